The zero-order valence-corrected chi connectivity index (χ0v) is 12.3. The molecule has 0 atom stereocenters. The summed E-state index contributed by atoms with van der Waals surface area (Å²) >= 11 is 2.58. The van der Waals surface area contributed by atoms with Crippen LogP contribution in [0, 0.1) is 6.92 Å². The molecule has 1 N–H and O–H groups in total. The number of aromatic nitrogens is 3. The van der Waals surface area contributed by atoms with Gasteiger partial charge in [-0.05, 0) is 6.92 Å². The van der Waals surface area contributed by atoms with Gasteiger partial charge < -0.3 is 0 Å². The summed E-state index contributed by atoms with van der Waals surface area (Å²) in [5, 5.41) is 4.18. The Balaban J connectivity index is 2.12. The number of nitrogens with zero attached hydrogens (tertiary/aromatic N) is 3. The zero-order valence-electron chi connectivity index (χ0n) is 10.6. The fourth-order valence-electron chi connectivity index (χ4n) is 1.23. The fraction of sp³-hybridized carbons (Fsp3) is 0.455. The third-order valence-corrected chi connectivity index (χ3v) is 4.26. The molecule has 0 saturated carbocycles. The molecule has 7 heteroatoms. The van der Waals surface area contributed by atoms with E-state index < -0.39 is 0 Å². The maximum absolute atomic E-state index is 12.0. The van der Waals surface area contributed by atoms with Crippen molar-refractivity contribution in [2.24, 2.45) is 0 Å². The summed E-state index contributed by atoms with van der Waals surface area (Å²) in [5.41, 5.74) is -0.0392. The van der Waals surface area contributed by atoms with E-state index in [0.29, 0.717) is 15.8 Å². The minimum Gasteiger partial charge on any atom is -0.296 e. The summed E-state index contributed by atoms with van der Waals surface area (Å²) in [7, 11) is 0. The molecule has 2 heterocycles. The summed E-state index contributed by atoms with van der Waals surface area (Å²) in [6, 6.07) is 0. The Morgan fingerprint density at radius 1 is 1.39 bits per heavy atom. The van der Waals surface area contributed by atoms with Crippen LogP contribution in [0.15, 0.2) is 6.20 Å². The molecule has 0 aliphatic carbocycles. The average Bonchev–Trinajstić information content (AvgIpc) is 2.85. The summed E-state index contributed by atoms with van der Waals surface area (Å²) in [6.45, 7) is 8.00. The molecule has 18 heavy (non-hydrogen) atoms. The number of anilines is 1. The molecular weight excluding hydrogens is 268 g/mol. The van der Waals surface area contributed by atoms with Crippen LogP contribution in [0.4, 0.5) is 5.13 Å². The summed E-state index contributed by atoms with van der Waals surface area (Å²) in [4.78, 5) is 20.9. The van der Waals surface area contributed by atoms with Crippen LogP contribution in [0.1, 0.15) is 41.3 Å². The lowest BCUT2D eigenvalue weighted by Crippen LogP contribution is -2.10. The second kappa shape index (κ2) is 4.74. The first-order chi connectivity index (χ1) is 8.36. The molecule has 0 spiro atoms. The second-order valence-electron chi connectivity index (χ2n) is 4.88. The number of hydrogen-bond acceptors (Lipinski definition) is 6. The van der Waals surface area contributed by atoms with Crippen LogP contribution in [0.3, 0.4) is 0 Å². The highest BCUT2D eigenvalue weighted by Gasteiger charge is 2.20. The van der Waals surface area contributed by atoms with E-state index in [4.69, 9.17) is 0 Å². The monoisotopic (exact) mass is 282 g/mol. The van der Waals surface area contributed by atoms with Crippen molar-refractivity contribution in [1.29, 1.82) is 0 Å². The summed E-state index contributed by atoms with van der Waals surface area (Å²) in [6.07, 6.45) is 1.61. The van der Waals surface area contributed by atoms with Crippen molar-refractivity contribution >= 4 is 33.9 Å². The first kappa shape index (κ1) is 13.1. The summed E-state index contributed by atoms with van der Waals surface area (Å²) in [5.74, 6) is 0.481. The Morgan fingerprint density at radius 3 is 2.61 bits per heavy atom. The predicted octanol–water partition coefficient (Wildman–Crippen LogP) is 2.85. The van der Waals surface area contributed by atoms with Crippen LogP contribution >= 0.6 is 22.9 Å². The lowest BCUT2D eigenvalue weighted by molar-refractivity contribution is 0.103. The van der Waals surface area contributed by atoms with Gasteiger partial charge in [-0.15, -0.1) is 11.3 Å². The molecule has 96 valence electrons. The predicted molar refractivity (Wildman–Crippen MR) is 73.4 cm³/mol. The van der Waals surface area contributed by atoms with E-state index in [1.165, 1.54) is 22.9 Å². The number of nitrogens with one attached hydrogen (secondary N) is 1. The van der Waals surface area contributed by atoms with Crippen molar-refractivity contribution in [3.63, 3.8) is 0 Å². The summed E-state index contributed by atoms with van der Waals surface area (Å²) < 4.78 is 4.01. The highest BCUT2D eigenvalue weighted by atomic mass is 32.1. The van der Waals surface area contributed by atoms with Gasteiger partial charge in [0.25, 0.3) is 5.91 Å². The van der Waals surface area contributed by atoms with Crippen LogP contribution in [0.2, 0.25) is 0 Å². The van der Waals surface area contributed by atoms with E-state index in [2.05, 4.69) is 40.4 Å². The molecule has 0 aliphatic heterocycles. The van der Waals surface area contributed by atoms with E-state index in [0.717, 1.165) is 5.01 Å². The lowest BCUT2D eigenvalue weighted by atomic mass is 9.98. The van der Waals surface area contributed by atoms with E-state index in [1.54, 1.807) is 13.1 Å². The quantitative estimate of drug-likeness (QED) is 0.919. The van der Waals surface area contributed by atoms with Crippen molar-refractivity contribution < 1.29 is 4.79 Å². The van der Waals surface area contributed by atoms with Gasteiger partial charge in [0.2, 0.25) is 5.13 Å². The number of rotatable bonds is 2. The first-order valence-electron chi connectivity index (χ1n) is 5.44. The van der Waals surface area contributed by atoms with Crippen LogP contribution in [-0.2, 0) is 5.41 Å². The number of carbonyl (C=O) groups is 1. The van der Waals surface area contributed by atoms with Crippen LogP contribution in [0.5, 0.6) is 0 Å². The van der Waals surface area contributed by atoms with Crippen molar-refractivity contribution in [3.05, 3.63) is 21.9 Å². The van der Waals surface area contributed by atoms with Gasteiger partial charge in [0.1, 0.15) is 10.7 Å². The SMILES string of the molecule is Cc1nsc(NC(=O)c2cnc(C(C)(C)C)s2)n1. The van der Waals surface area contributed by atoms with Gasteiger partial charge in [0.15, 0.2) is 0 Å². The number of carbonyl (C=O) groups excluding carboxylic acids is 1. The molecule has 5 nitrogen and oxygen atoms in total. The third kappa shape index (κ3) is 2.91. The largest absolute Gasteiger partial charge is 0.296 e. The fourth-order valence-corrected chi connectivity index (χ4v) is 2.67. The number of hydrogen-bond donors (Lipinski definition) is 1. The number of thiazole rings is 1. The maximum atomic E-state index is 12.0. The molecule has 2 rings (SSSR count). The standard InChI is InChI=1S/C11H14N4OS2/c1-6-13-10(18-15-6)14-8(16)7-5-12-9(17-7)11(2,3)4/h5H,1-4H3,(H,13,14,15,16). The van der Waals surface area contributed by atoms with Crippen LogP contribution < -0.4 is 5.32 Å². The topological polar surface area (TPSA) is 67.8 Å². The van der Waals surface area contributed by atoms with E-state index in [1.807, 2.05) is 0 Å². The van der Waals surface area contributed by atoms with Gasteiger partial charge in [0.05, 0.1) is 11.2 Å². The molecule has 0 saturated heterocycles. The average molecular weight is 282 g/mol. The third-order valence-electron chi connectivity index (χ3n) is 2.12. The van der Waals surface area contributed by atoms with Gasteiger partial charge in [-0.3, -0.25) is 10.1 Å². The van der Waals surface area contributed by atoms with Gasteiger partial charge in [-0.2, -0.15) is 4.37 Å². The molecule has 0 radical (unpaired) electrons. The lowest BCUT2D eigenvalue weighted by Gasteiger charge is -2.13. The Hall–Kier alpha value is -1.34. The second-order valence-corrected chi connectivity index (χ2v) is 6.66. The Morgan fingerprint density at radius 2 is 2.11 bits per heavy atom. The highest BCUT2D eigenvalue weighted by Crippen LogP contribution is 2.27. The Kier molecular flexibility index (Phi) is 3.45. The highest BCUT2D eigenvalue weighted by molar-refractivity contribution is 7.14. The molecule has 0 fully saturated rings. The Bertz CT molecular complexity index is 568. The van der Waals surface area contributed by atoms with Crippen molar-refractivity contribution in [2.45, 2.75) is 33.1 Å². The van der Waals surface area contributed by atoms with Crippen molar-refractivity contribution in [2.75, 3.05) is 5.32 Å². The smallest absolute Gasteiger partial charge is 0.269 e. The molecule has 0 bridgehead atoms. The van der Waals surface area contributed by atoms with Gasteiger partial charge in [0, 0.05) is 16.9 Å². The number of aryl methyl sites for hydroxylation is 1. The van der Waals surface area contributed by atoms with Gasteiger partial charge >= 0.3 is 0 Å². The molecule has 0 aliphatic rings. The first-order valence-corrected chi connectivity index (χ1v) is 7.03. The molecule has 0 unspecified atom stereocenters. The van der Waals surface area contributed by atoms with E-state index in [9.17, 15) is 4.79 Å². The molecule has 0 aromatic carbocycles. The molecule has 2 aromatic rings. The van der Waals surface area contributed by atoms with Crippen LogP contribution in [-0.4, -0.2) is 20.2 Å². The minimum absolute atomic E-state index is 0.0392. The van der Waals surface area contributed by atoms with Gasteiger partial charge in [-0.1, -0.05) is 20.8 Å². The van der Waals surface area contributed by atoms with Crippen LogP contribution in [0.25, 0.3) is 0 Å². The van der Waals surface area contributed by atoms with Crippen molar-refractivity contribution in [3.8, 4) is 0 Å². The van der Waals surface area contributed by atoms with Crippen molar-refractivity contribution in [1.82, 2.24) is 14.3 Å². The molecular formula is C11H14N4OS2. The van der Waals surface area contributed by atoms with E-state index >= 15 is 0 Å². The molecule has 2 aromatic heterocycles. The zero-order chi connectivity index (χ0) is 13.3. The van der Waals surface area contributed by atoms with E-state index in [-0.39, 0.29) is 11.3 Å². The normalized spacial score (nSPS) is 11.6. The maximum Gasteiger partial charge on any atom is 0.269 e. The number of amides is 1. The molecule has 1 amide bonds. The minimum atomic E-state index is -0.181. The van der Waals surface area contributed by atoms with Gasteiger partial charge in [-0.25, -0.2) is 9.97 Å². The Labute approximate surface area is 113 Å².